The summed E-state index contributed by atoms with van der Waals surface area (Å²) in [5.41, 5.74) is 6.32. The largest absolute Gasteiger partial charge is 0.309 e. The molecule has 0 fully saturated rings. The minimum Gasteiger partial charge on any atom is -0.309 e. The van der Waals surface area contributed by atoms with E-state index in [2.05, 4.69) is 0 Å². The summed E-state index contributed by atoms with van der Waals surface area (Å²) in [5, 5.41) is 0. The first-order valence-corrected chi connectivity index (χ1v) is 4.14. The van der Waals surface area contributed by atoms with E-state index in [9.17, 15) is 4.79 Å². The maximum atomic E-state index is 11.6. The molecule has 0 spiro atoms. The Morgan fingerprint density at radius 2 is 1.85 bits per heavy atom. The molecule has 70 valence electrons. The van der Waals surface area contributed by atoms with E-state index in [1.165, 1.54) is 0 Å². The number of carbonyl (C=O) groups is 1. The molecule has 0 saturated carbocycles. The van der Waals surface area contributed by atoms with Crippen molar-refractivity contribution in [2.45, 2.75) is 6.17 Å². The van der Waals surface area contributed by atoms with Gasteiger partial charge < -0.3 is 5.73 Å². The molecule has 1 aromatic rings. The number of Topliss-reactive ketones (excluding diaryl/α,β-unsaturated/α-hetero) is 1. The predicted molar refractivity (Wildman–Crippen MR) is 52.4 cm³/mol. The van der Waals surface area contributed by atoms with Gasteiger partial charge in [0.25, 0.3) is 0 Å². The molecular formula is C10H14N2O. The molecule has 1 atom stereocenters. The summed E-state index contributed by atoms with van der Waals surface area (Å²) in [6.07, 6.45) is -0.553. The van der Waals surface area contributed by atoms with Crippen LogP contribution in [0.3, 0.4) is 0 Å². The number of hydrogen-bond acceptors (Lipinski definition) is 3. The maximum Gasteiger partial charge on any atom is 0.194 e. The molecule has 3 heteroatoms. The van der Waals surface area contributed by atoms with Crippen molar-refractivity contribution in [3.8, 4) is 0 Å². The van der Waals surface area contributed by atoms with Crippen molar-refractivity contribution < 1.29 is 4.79 Å². The average Bonchev–Trinajstić information content (AvgIpc) is 2.17. The lowest BCUT2D eigenvalue weighted by Crippen LogP contribution is -2.43. The lowest BCUT2D eigenvalue weighted by molar-refractivity contribution is 0.0880. The fourth-order valence-electron chi connectivity index (χ4n) is 1.01. The Morgan fingerprint density at radius 3 is 2.31 bits per heavy atom. The molecule has 0 aliphatic rings. The van der Waals surface area contributed by atoms with E-state index in [1.54, 1.807) is 31.1 Å². The topological polar surface area (TPSA) is 46.3 Å². The standard InChI is InChI=1S/C10H14N2O/c1-12(2)10(11)9(13)8-6-4-3-5-7-8/h3-7,10H,11H2,1-2H3. The highest BCUT2D eigenvalue weighted by molar-refractivity contribution is 5.99. The summed E-state index contributed by atoms with van der Waals surface area (Å²) < 4.78 is 0. The lowest BCUT2D eigenvalue weighted by atomic mass is 10.1. The molecule has 0 saturated heterocycles. The number of nitrogens with two attached hydrogens (primary N) is 1. The molecular weight excluding hydrogens is 164 g/mol. The molecule has 0 radical (unpaired) electrons. The van der Waals surface area contributed by atoms with Gasteiger partial charge in [-0.1, -0.05) is 30.3 Å². The summed E-state index contributed by atoms with van der Waals surface area (Å²) in [6.45, 7) is 0. The summed E-state index contributed by atoms with van der Waals surface area (Å²) in [5.74, 6) is -0.0504. The normalized spacial score (nSPS) is 12.9. The van der Waals surface area contributed by atoms with Gasteiger partial charge in [-0.25, -0.2) is 0 Å². The van der Waals surface area contributed by atoms with Gasteiger partial charge >= 0.3 is 0 Å². The highest BCUT2D eigenvalue weighted by atomic mass is 16.1. The zero-order chi connectivity index (χ0) is 9.84. The van der Waals surface area contributed by atoms with Crippen LogP contribution in [0, 0.1) is 0 Å². The quantitative estimate of drug-likeness (QED) is 0.548. The van der Waals surface area contributed by atoms with Crippen molar-refractivity contribution in [2.24, 2.45) is 5.73 Å². The van der Waals surface area contributed by atoms with Gasteiger partial charge in [0.05, 0.1) is 0 Å². The van der Waals surface area contributed by atoms with E-state index in [4.69, 9.17) is 5.73 Å². The number of ketones is 1. The van der Waals surface area contributed by atoms with Crippen LogP contribution in [0.1, 0.15) is 10.4 Å². The van der Waals surface area contributed by atoms with Crippen molar-refractivity contribution in [1.82, 2.24) is 4.90 Å². The van der Waals surface area contributed by atoms with Crippen LogP contribution in [0.5, 0.6) is 0 Å². The van der Waals surface area contributed by atoms with Crippen molar-refractivity contribution in [3.05, 3.63) is 35.9 Å². The number of likely N-dealkylation sites (N-methyl/N-ethyl adjacent to an activating group) is 1. The lowest BCUT2D eigenvalue weighted by Gasteiger charge is -2.17. The Hall–Kier alpha value is -1.19. The van der Waals surface area contributed by atoms with Crippen LogP contribution >= 0.6 is 0 Å². The minimum absolute atomic E-state index is 0.0504. The van der Waals surface area contributed by atoms with E-state index in [1.807, 2.05) is 18.2 Å². The summed E-state index contributed by atoms with van der Waals surface area (Å²) in [4.78, 5) is 13.3. The van der Waals surface area contributed by atoms with Crippen LogP contribution < -0.4 is 5.73 Å². The molecule has 1 aromatic carbocycles. The Labute approximate surface area is 78.2 Å². The zero-order valence-electron chi connectivity index (χ0n) is 7.90. The first-order chi connectivity index (χ1) is 6.13. The molecule has 0 heterocycles. The van der Waals surface area contributed by atoms with E-state index < -0.39 is 6.17 Å². The van der Waals surface area contributed by atoms with Crippen LogP contribution in [0.4, 0.5) is 0 Å². The summed E-state index contributed by atoms with van der Waals surface area (Å²) in [6, 6.07) is 9.07. The molecule has 3 nitrogen and oxygen atoms in total. The second kappa shape index (κ2) is 4.16. The van der Waals surface area contributed by atoms with Gasteiger partial charge in [-0.15, -0.1) is 0 Å². The molecule has 0 aromatic heterocycles. The first kappa shape index (κ1) is 9.89. The van der Waals surface area contributed by atoms with Crippen LogP contribution in [0.2, 0.25) is 0 Å². The molecule has 1 rings (SSSR count). The third-order valence-electron chi connectivity index (χ3n) is 1.88. The Balaban J connectivity index is 2.80. The minimum atomic E-state index is -0.553. The monoisotopic (exact) mass is 178 g/mol. The van der Waals surface area contributed by atoms with Gasteiger partial charge in [0.15, 0.2) is 5.78 Å². The Morgan fingerprint density at radius 1 is 1.31 bits per heavy atom. The van der Waals surface area contributed by atoms with E-state index in [-0.39, 0.29) is 5.78 Å². The predicted octanol–water partition coefficient (Wildman–Crippen LogP) is 0.716. The third kappa shape index (κ3) is 2.37. The van der Waals surface area contributed by atoms with Crippen molar-refractivity contribution in [3.63, 3.8) is 0 Å². The van der Waals surface area contributed by atoms with Gasteiger partial charge in [0.1, 0.15) is 6.17 Å². The van der Waals surface area contributed by atoms with Crippen LogP contribution in [-0.4, -0.2) is 30.9 Å². The van der Waals surface area contributed by atoms with Gasteiger partial charge in [0.2, 0.25) is 0 Å². The van der Waals surface area contributed by atoms with Gasteiger partial charge in [0, 0.05) is 5.56 Å². The maximum absolute atomic E-state index is 11.6. The summed E-state index contributed by atoms with van der Waals surface area (Å²) >= 11 is 0. The molecule has 1 unspecified atom stereocenters. The average molecular weight is 178 g/mol. The van der Waals surface area contributed by atoms with Gasteiger partial charge in [-0.05, 0) is 14.1 Å². The SMILES string of the molecule is CN(C)C(N)C(=O)c1ccccc1. The second-order valence-corrected chi connectivity index (χ2v) is 3.14. The molecule has 2 N–H and O–H groups in total. The first-order valence-electron chi connectivity index (χ1n) is 4.14. The number of carbonyl (C=O) groups excluding carboxylic acids is 1. The molecule has 0 aliphatic carbocycles. The fraction of sp³-hybridized carbons (Fsp3) is 0.300. The highest BCUT2D eigenvalue weighted by Crippen LogP contribution is 2.02. The molecule has 13 heavy (non-hydrogen) atoms. The van der Waals surface area contributed by atoms with E-state index >= 15 is 0 Å². The second-order valence-electron chi connectivity index (χ2n) is 3.14. The van der Waals surface area contributed by atoms with Gasteiger partial charge in [-0.3, -0.25) is 9.69 Å². The van der Waals surface area contributed by atoms with Crippen molar-refractivity contribution >= 4 is 5.78 Å². The molecule has 0 amide bonds. The Kier molecular flexibility index (Phi) is 3.17. The van der Waals surface area contributed by atoms with Crippen LogP contribution in [0.25, 0.3) is 0 Å². The van der Waals surface area contributed by atoms with Gasteiger partial charge in [-0.2, -0.15) is 0 Å². The zero-order valence-corrected chi connectivity index (χ0v) is 7.90. The number of nitrogens with zero attached hydrogens (tertiary/aromatic N) is 1. The highest BCUT2D eigenvalue weighted by Gasteiger charge is 2.16. The van der Waals surface area contributed by atoms with Crippen molar-refractivity contribution in [1.29, 1.82) is 0 Å². The molecule has 0 aliphatic heterocycles. The number of hydrogen-bond donors (Lipinski definition) is 1. The molecule has 0 bridgehead atoms. The fourth-order valence-corrected chi connectivity index (χ4v) is 1.01. The smallest absolute Gasteiger partial charge is 0.194 e. The summed E-state index contributed by atoms with van der Waals surface area (Å²) in [7, 11) is 3.57. The van der Waals surface area contributed by atoms with Crippen molar-refractivity contribution in [2.75, 3.05) is 14.1 Å². The van der Waals surface area contributed by atoms with Crippen LogP contribution in [-0.2, 0) is 0 Å². The third-order valence-corrected chi connectivity index (χ3v) is 1.88. The van der Waals surface area contributed by atoms with Crippen LogP contribution in [0.15, 0.2) is 30.3 Å². The van der Waals surface area contributed by atoms with E-state index in [0.717, 1.165) is 0 Å². The Bertz CT molecular complexity index is 282. The van der Waals surface area contributed by atoms with E-state index in [0.29, 0.717) is 5.56 Å². The number of benzene rings is 1. The number of rotatable bonds is 3.